The summed E-state index contributed by atoms with van der Waals surface area (Å²) >= 11 is 1.72. The van der Waals surface area contributed by atoms with Crippen LogP contribution in [0.4, 0.5) is 5.69 Å². The Bertz CT molecular complexity index is 312. The second kappa shape index (κ2) is 5.60. The van der Waals surface area contributed by atoms with E-state index in [4.69, 9.17) is 10.5 Å². The second-order valence-electron chi connectivity index (χ2n) is 2.83. The van der Waals surface area contributed by atoms with E-state index in [9.17, 15) is 0 Å². The van der Waals surface area contributed by atoms with Crippen molar-refractivity contribution in [2.45, 2.75) is 11.3 Å². The summed E-state index contributed by atoms with van der Waals surface area (Å²) in [6.07, 6.45) is 2.89. The maximum Gasteiger partial charge on any atom is 0.120 e. The van der Waals surface area contributed by atoms with Crippen molar-refractivity contribution in [3.05, 3.63) is 30.9 Å². The van der Waals surface area contributed by atoms with Gasteiger partial charge in [0.2, 0.25) is 0 Å². The molecule has 0 aliphatic carbocycles. The molecule has 0 unspecified atom stereocenters. The van der Waals surface area contributed by atoms with Crippen LogP contribution in [0.5, 0.6) is 5.75 Å². The molecule has 14 heavy (non-hydrogen) atoms. The van der Waals surface area contributed by atoms with Gasteiger partial charge in [-0.25, -0.2) is 0 Å². The zero-order chi connectivity index (χ0) is 10.4. The molecule has 0 saturated carbocycles. The van der Waals surface area contributed by atoms with Crippen LogP contribution in [0.3, 0.4) is 0 Å². The molecule has 2 nitrogen and oxygen atoms in total. The average molecular weight is 209 g/mol. The molecule has 0 saturated heterocycles. The number of hydrogen-bond donors (Lipinski definition) is 1. The van der Waals surface area contributed by atoms with Gasteiger partial charge in [-0.05, 0) is 24.6 Å². The van der Waals surface area contributed by atoms with E-state index in [1.807, 2.05) is 24.3 Å². The lowest BCUT2D eigenvalue weighted by molar-refractivity contribution is 0.414. The van der Waals surface area contributed by atoms with Gasteiger partial charge in [0, 0.05) is 16.3 Å². The maximum absolute atomic E-state index is 5.82. The van der Waals surface area contributed by atoms with E-state index in [-0.39, 0.29) is 0 Å². The zero-order valence-electron chi connectivity index (χ0n) is 8.32. The van der Waals surface area contributed by atoms with E-state index >= 15 is 0 Å². The Morgan fingerprint density at radius 1 is 1.57 bits per heavy atom. The lowest BCUT2D eigenvalue weighted by Crippen LogP contribution is -1.91. The molecule has 0 heterocycles. The maximum atomic E-state index is 5.82. The molecule has 0 radical (unpaired) electrons. The molecule has 76 valence electrons. The first-order chi connectivity index (χ1) is 6.77. The molecule has 1 rings (SSSR count). The van der Waals surface area contributed by atoms with Crippen molar-refractivity contribution in [3.8, 4) is 5.75 Å². The lowest BCUT2D eigenvalue weighted by atomic mass is 10.3. The van der Waals surface area contributed by atoms with Crippen LogP contribution in [0.15, 0.2) is 35.7 Å². The van der Waals surface area contributed by atoms with Crippen molar-refractivity contribution in [2.24, 2.45) is 0 Å². The molecule has 0 aromatic heterocycles. The highest BCUT2D eigenvalue weighted by molar-refractivity contribution is 7.99. The van der Waals surface area contributed by atoms with Crippen LogP contribution >= 0.6 is 11.8 Å². The van der Waals surface area contributed by atoms with Gasteiger partial charge < -0.3 is 10.5 Å². The van der Waals surface area contributed by atoms with E-state index in [2.05, 4.69) is 6.58 Å². The van der Waals surface area contributed by atoms with E-state index < -0.39 is 0 Å². The molecule has 1 aromatic carbocycles. The highest BCUT2D eigenvalue weighted by Crippen LogP contribution is 2.29. The van der Waals surface area contributed by atoms with Crippen molar-refractivity contribution >= 4 is 17.4 Å². The van der Waals surface area contributed by atoms with Gasteiger partial charge in [0.15, 0.2) is 0 Å². The minimum atomic E-state index is 0.805. The molecule has 2 N–H and O–H groups in total. The monoisotopic (exact) mass is 209 g/mol. The number of anilines is 1. The van der Waals surface area contributed by atoms with Crippen LogP contribution in [0, 0.1) is 0 Å². The fourth-order valence-electron chi connectivity index (χ4n) is 1.02. The summed E-state index contributed by atoms with van der Waals surface area (Å²) in [5.74, 6) is 1.85. The minimum absolute atomic E-state index is 0.805. The van der Waals surface area contributed by atoms with Gasteiger partial charge in [-0.15, -0.1) is 18.3 Å². The van der Waals surface area contributed by atoms with Gasteiger partial charge in [-0.1, -0.05) is 6.08 Å². The number of methoxy groups -OCH3 is 1. The zero-order valence-corrected chi connectivity index (χ0v) is 9.14. The van der Waals surface area contributed by atoms with Gasteiger partial charge in [-0.3, -0.25) is 0 Å². The first-order valence-electron chi connectivity index (χ1n) is 4.45. The highest BCUT2D eigenvalue weighted by atomic mass is 32.2. The molecule has 0 amide bonds. The van der Waals surface area contributed by atoms with Gasteiger partial charge >= 0.3 is 0 Å². The van der Waals surface area contributed by atoms with Crippen LogP contribution in [0.25, 0.3) is 0 Å². The van der Waals surface area contributed by atoms with Crippen molar-refractivity contribution < 1.29 is 4.74 Å². The number of nitrogens with two attached hydrogens (primary N) is 1. The number of ether oxygens (including phenoxy) is 1. The molecule has 0 spiro atoms. The molecular weight excluding hydrogens is 194 g/mol. The van der Waals surface area contributed by atoms with Crippen LogP contribution < -0.4 is 10.5 Å². The van der Waals surface area contributed by atoms with Crippen molar-refractivity contribution in [1.29, 1.82) is 0 Å². The first kappa shape index (κ1) is 11.0. The van der Waals surface area contributed by atoms with Crippen molar-refractivity contribution in [1.82, 2.24) is 0 Å². The summed E-state index contributed by atoms with van der Waals surface area (Å²) in [6.45, 7) is 3.68. The van der Waals surface area contributed by atoms with Gasteiger partial charge in [0.1, 0.15) is 5.75 Å². The fraction of sp³-hybridized carbons (Fsp3) is 0.273. The number of allylic oxidation sites excluding steroid dienone is 1. The van der Waals surface area contributed by atoms with E-state index in [1.165, 1.54) is 0 Å². The number of thioether (sulfide) groups is 1. The quantitative estimate of drug-likeness (QED) is 0.350. The lowest BCUT2D eigenvalue weighted by Gasteiger charge is -2.06. The number of hydrogen-bond acceptors (Lipinski definition) is 3. The number of rotatable bonds is 5. The van der Waals surface area contributed by atoms with E-state index in [0.29, 0.717) is 0 Å². The first-order valence-corrected chi connectivity index (χ1v) is 5.43. The van der Waals surface area contributed by atoms with Crippen LogP contribution in [-0.2, 0) is 0 Å². The number of benzene rings is 1. The largest absolute Gasteiger partial charge is 0.497 e. The smallest absolute Gasteiger partial charge is 0.120 e. The fourth-order valence-corrected chi connectivity index (χ4v) is 1.96. The van der Waals surface area contributed by atoms with Crippen molar-refractivity contribution in [2.75, 3.05) is 18.6 Å². The molecule has 1 aromatic rings. The Hall–Kier alpha value is -1.09. The van der Waals surface area contributed by atoms with Crippen molar-refractivity contribution in [3.63, 3.8) is 0 Å². The molecule has 0 aliphatic heterocycles. The number of nitrogen functional groups attached to an aromatic ring is 1. The van der Waals surface area contributed by atoms with Crippen LogP contribution in [0.2, 0.25) is 0 Å². The molecule has 0 atom stereocenters. The summed E-state index contributed by atoms with van der Waals surface area (Å²) in [5.41, 5.74) is 6.63. The summed E-state index contributed by atoms with van der Waals surface area (Å²) in [5, 5.41) is 0. The predicted molar refractivity (Wildman–Crippen MR) is 62.9 cm³/mol. The van der Waals surface area contributed by atoms with Crippen LogP contribution in [-0.4, -0.2) is 12.9 Å². The third kappa shape index (κ3) is 3.00. The Labute approximate surface area is 89.1 Å². The van der Waals surface area contributed by atoms with Crippen LogP contribution in [0.1, 0.15) is 6.42 Å². The summed E-state index contributed by atoms with van der Waals surface area (Å²) in [6, 6.07) is 5.70. The Kier molecular flexibility index (Phi) is 4.40. The molecule has 0 bridgehead atoms. The Morgan fingerprint density at radius 2 is 2.36 bits per heavy atom. The SMILES string of the molecule is C=CCCSc1cc(OC)ccc1N. The molecular formula is C11H15NOS. The minimum Gasteiger partial charge on any atom is -0.497 e. The normalized spacial score (nSPS) is 9.79. The molecule has 3 heteroatoms. The topological polar surface area (TPSA) is 35.2 Å². The standard InChI is InChI=1S/C11H15NOS/c1-3-4-7-14-11-8-9(13-2)5-6-10(11)12/h3,5-6,8H,1,4,7,12H2,2H3. The summed E-state index contributed by atoms with van der Waals surface area (Å²) in [4.78, 5) is 1.08. The average Bonchev–Trinajstić information content (AvgIpc) is 2.21. The molecule has 0 aliphatic rings. The van der Waals surface area contributed by atoms with Gasteiger partial charge in [-0.2, -0.15) is 0 Å². The second-order valence-corrected chi connectivity index (χ2v) is 3.97. The third-order valence-electron chi connectivity index (χ3n) is 1.80. The Balaban J connectivity index is 2.68. The van der Waals surface area contributed by atoms with E-state index in [1.54, 1.807) is 18.9 Å². The third-order valence-corrected chi connectivity index (χ3v) is 2.90. The molecule has 0 fully saturated rings. The predicted octanol–water partition coefficient (Wildman–Crippen LogP) is 2.95. The van der Waals surface area contributed by atoms with Gasteiger partial charge in [0.05, 0.1) is 7.11 Å². The Morgan fingerprint density at radius 3 is 3.00 bits per heavy atom. The highest BCUT2D eigenvalue weighted by Gasteiger charge is 2.01. The van der Waals surface area contributed by atoms with Gasteiger partial charge in [0.25, 0.3) is 0 Å². The summed E-state index contributed by atoms with van der Waals surface area (Å²) in [7, 11) is 1.66. The summed E-state index contributed by atoms with van der Waals surface area (Å²) < 4.78 is 5.13. The van der Waals surface area contributed by atoms with E-state index in [0.717, 1.165) is 28.5 Å².